The van der Waals surface area contributed by atoms with Crippen LogP contribution in [0, 0.1) is 0 Å². The van der Waals surface area contributed by atoms with Gasteiger partial charge in [-0.25, -0.2) is 4.79 Å². The van der Waals surface area contributed by atoms with E-state index in [9.17, 15) is 4.79 Å². The average Bonchev–Trinajstić information content (AvgIpc) is 2.38. The predicted octanol–water partition coefficient (Wildman–Crippen LogP) is 3.09. The second-order valence-corrected chi connectivity index (χ2v) is 5.04. The van der Waals surface area contributed by atoms with Crippen LogP contribution in [0.25, 0.3) is 0 Å². The van der Waals surface area contributed by atoms with Crippen LogP contribution in [0.15, 0.2) is 24.3 Å². The minimum Gasteiger partial charge on any atom is -0.446 e. The smallest absolute Gasteiger partial charge is 0.414 e. The number of amides is 1. The van der Waals surface area contributed by atoms with Gasteiger partial charge in [0.15, 0.2) is 0 Å². The Balaban J connectivity index is 2.25. The molecule has 2 rings (SSSR count). The zero-order chi connectivity index (χ0) is 13.8. The van der Waals surface area contributed by atoms with E-state index in [1.54, 1.807) is 4.90 Å². The minimum atomic E-state index is -0.252. The van der Waals surface area contributed by atoms with Crippen molar-refractivity contribution < 1.29 is 9.53 Å². The summed E-state index contributed by atoms with van der Waals surface area (Å²) in [5, 5.41) is 3.46. The molecule has 0 aliphatic carbocycles. The maximum atomic E-state index is 12.1. The van der Waals surface area contributed by atoms with Gasteiger partial charge in [0.2, 0.25) is 0 Å². The van der Waals surface area contributed by atoms with Gasteiger partial charge in [-0.3, -0.25) is 4.90 Å². The summed E-state index contributed by atoms with van der Waals surface area (Å²) in [6.45, 7) is 7.46. The molecule has 0 spiro atoms. The van der Waals surface area contributed by atoms with Crippen LogP contribution in [-0.4, -0.2) is 25.3 Å². The Hall–Kier alpha value is -1.55. The largest absolute Gasteiger partial charge is 0.446 e. The topological polar surface area (TPSA) is 41.6 Å². The Morgan fingerprint density at radius 1 is 1.47 bits per heavy atom. The van der Waals surface area contributed by atoms with E-state index in [1.165, 1.54) is 5.56 Å². The second kappa shape index (κ2) is 6.06. The number of ether oxygens (including phenoxy) is 1. The highest BCUT2D eigenvalue weighted by atomic mass is 16.6. The highest BCUT2D eigenvalue weighted by molar-refractivity contribution is 5.89. The fourth-order valence-corrected chi connectivity index (χ4v) is 2.48. The molecule has 104 valence electrons. The Kier molecular flexibility index (Phi) is 4.43. The van der Waals surface area contributed by atoms with E-state index in [4.69, 9.17) is 4.74 Å². The molecule has 1 heterocycles. The standard InChI is InChI=1S/C15H22N2O2/c1-4-16-13-9-10-17(15(18)19-11(2)3)14-8-6-5-7-12(13)14/h5-8,11,13,16H,4,9-10H2,1-3H3. The number of carbonyl (C=O) groups is 1. The fraction of sp³-hybridized carbons (Fsp3) is 0.533. The van der Waals surface area contributed by atoms with E-state index < -0.39 is 0 Å². The summed E-state index contributed by atoms with van der Waals surface area (Å²) < 4.78 is 5.31. The highest BCUT2D eigenvalue weighted by Gasteiger charge is 2.29. The molecule has 1 aromatic rings. The predicted molar refractivity (Wildman–Crippen MR) is 76.4 cm³/mol. The van der Waals surface area contributed by atoms with Crippen molar-refractivity contribution in [2.45, 2.75) is 39.3 Å². The number of anilines is 1. The first-order chi connectivity index (χ1) is 9.13. The van der Waals surface area contributed by atoms with Crippen LogP contribution in [0.2, 0.25) is 0 Å². The summed E-state index contributed by atoms with van der Waals surface area (Å²) in [6, 6.07) is 8.37. The van der Waals surface area contributed by atoms with Crippen molar-refractivity contribution >= 4 is 11.8 Å². The van der Waals surface area contributed by atoms with E-state index in [-0.39, 0.29) is 12.2 Å². The monoisotopic (exact) mass is 262 g/mol. The maximum absolute atomic E-state index is 12.1. The molecular formula is C15H22N2O2. The molecule has 0 bridgehead atoms. The molecule has 19 heavy (non-hydrogen) atoms. The van der Waals surface area contributed by atoms with Crippen LogP contribution in [-0.2, 0) is 4.74 Å². The molecule has 0 saturated carbocycles. The van der Waals surface area contributed by atoms with Crippen LogP contribution in [0.3, 0.4) is 0 Å². The van der Waals surface area contributed by atoms with Gasteiger partial charge in [-0.15, -0.1) is 0 Å². The van der Waals surface area contributed by atoms with Crippen molar-refractivity contribution in [2.75, 3.05) is 18.0 Å². The van der Waals surface area contributed by atoms with Gasteiger partial charge in [0.05, 0.1) is 11.8 Å². The lowest BCUT2D eigenvalue weighted by Crippen LogP contribution is -2.40. The SMILES string of the molecule is CCNC1CCN(C(=O)OC(C)C)c2ccccc21. The first kappa shape index (κ1) is 13.9. The van der Waals surface area contributed by atoms with Gasteiger partial charge in [-0.1, -0.05) is 25.1 Å². The zero-order valence-electron chi connectivity index (χ0n) is 11.8. The molecule has 0 saturated heterocycles. The number of nitrogens with zero attached hydrogens (tertiary/aromatic N) is 1. The van der Waals surface area contributed by atoms with Crippen molar-refractivity contribution in [1.82, 2.24) is 5.32 Å². The van der Waals surface area contributed by atoms with Crippen LogP contribution < -0.4 is 10.2 Å². The Morgan fingerprint density at radius 2 is 2.21 bits per heavy atom. The molecule has 1 amide bonds. The summed E-state index contributed by atoms with van der Waals surface area (Å²) in [5.41, 5.74) is 2.14. The van der Waals surface area contributed by atoms with Crippen LogP contribution in [0.5, 0.6) is 0 Å². The van der Waals surface area contributed by atoms with Crippen LogP contribution >= 0.6 is 0 Å². The van der Waals surface area contributed by atoms with E-state index in [2.05, 4.69) is 18.3 Å². The second-order valence-electron chi connectivity index (χ2n) is 5.04. The summed E-state index contributed by atoms with van der Waals surface area (Å²) >= 11 is 0. The molecule has 1 N–H and O–H groups in total. The van der Waals surface area contributed by atoms with Crippen molar-refractivity contribution in [2.24, 2.45) is 0 Å². The number of hydrogen-bond donors (Lipinski definition) is 1. The van der Waals surface area contributed by atoms with E-state index in [0.29, 0.717) is 12.6 Å². The van der Waals surface area contributed by atoms with Gasteiger partial charge in [0.25, 0.3) is 0 Å². The molecule has 4 nitrogen and oxygen atoms in total. The molecule has 4 heteroatoms. The number of benzene rings is 1. The third kappa shape index (κ3) is 3.07. The Morgan fingerprint density at radius 3 is 2.89 bits per heavy atom. The normalized spacial score (nSPS) is 18.3. The van der Waals surface area contributed by atoms with Gasteiger partial charge in [0, 0.05) is 12.6 Å². The summed E-state index contributed by atoms with van der Waals surface area (Å²) in [6.07, 6.45) is 0.571. The van der Waals surface area contributed by atoms with Crippen molar-refractivity contribution in [1.29, 1.82) is 0 Å². The first-order valence-corrected chi connectivity index (χ1v) is 6.94. The van der Waals surface area contributed by atoms with Crippen LogP contribution in [0.4, 0.5) is 10.5 Å². The summed E-state index contributed by atoms with van der Waals surface area (Å²) in [5.74, 6) is 0. The zero-order valence-corrected chi connectivity index (χ0v) is 11.8. The number of rotatable bonds is 3. The molecule has 1 atom stereocenters. The Bertz CT molecular complexity index is 446. The maximum Gasteiger partial charge on any atom is 0.414 e. The molecule has 1 unspecified atom stereocenters. The molecule has 0 aromatic heterocycles. The Labute approximate surface area is 114 Å². The number of fused-ring (bicyclic) bond motifs is 1. The third-order valence-corrected chi connectivity index (χ3v) is 3.25. The molecule has 1 aliphatic heterocycles. The first-order valence-electron chi connectivity index (χ1n) is 6.94. The fourth-order valence-electron chi connectivity index (χ4n) is 2.48. The van der Waals surface area contributed by atoms with Gasteiger partial charge in [0.1, 0.15) is 0 Å². The third-order valence-electron chi connectivity index (χ3n) is 3.25. The van der Waals surface area contributed by atoms with Gasteiger partial charge in [-0.05, 0) is 38.4 Å². The van der Waals surface area contributed by atoms with Gasteiger partial charge >= 0.3 is 6.09 Å². The van der Waals surface area contributed by atoms with E-state index in [1.807, 2.05) is 32.0 Å². The summed E-state index contributed by atoms with van der Waals surface area (Å²) in [7, 11) is 0. The molecule has 0 fully saturated rings. The van der Waals surface area contributed by atoms with E-state index >= 15 is 0 Å². The molecular weight excluding hydrogens is 240 g/mol. The average molecular weight is 262 g/mol. The van der Waals surface area contributed by atoms with Gasteiger partial charge < -0.3 is 10.1 Å². The minimum absolute atomic E-state index is 0.0915. The number of hydrogen-bond acceptors (Lipinski definition) is 3. The molecule has 0 radical (unpaired) electrons. The van der Waals surface area contributed by atoms with Crippen molar-refractivity contribution in [3.8, 4) is 0 Å². The number of nitrogens with one attached hydrogen (secondary N) is 1. The number of carbonyl (C=O) groups excluding carboxylic acids is 1. The quantitative estimate of drug-likeness (QED) is 0.910. The number of para-hydroxylation sites is 1. The van der Waals surface area contributed by atoms with Crippen LogP contribution in [0.1, 0.15) is 38.8 Å². The molecule has 1 aliphatic rings. The molecule has 1 aromatic carbocycles. The van der Waals surface area contributed by atoms with Crippen molar-refractivity contribution in [3.05, 3.63) is 29.8 Å². The summed E-state index contributed by atoms with van der Waals surface area (Å²) in [4.78, 5) is 13.9. The van der Waals surface area contributed by atoms with Crippen molar-refractivity contribution in [3.63, 3.8) is 0 Å². The highest BCUT2D eigenvalue weighted by Crippen LogP contribution is 2.33. The lowest BCUT2D eigenvalue weighted by Gasteiger charge is -2.34. The lowest BCUT2D eigenvalue weighted by molar-refractivity contribution is 0.122. The van der Waals surface area contributed by atoms with E-state index in [0.717, 1.165) is 18.7 Å². The lowest BCUT2D eigenvalue weighted by atomic mass is 9.96. The van der Waals surface area contributed by atoms with Gasteiger partial charge in [-0.2, -0.15) is 0 Å².